The van der Waals surface area contributed by atoms with Gasteiger partial charge in [-0.15, -0.1) is 0 Å². The molecule has 4 nitrogen and oxygen atoms in total. The number of phenols is 1. The van der Waals surface area contributed by atoms with E-state index >= 15 is 0 Å². The smallest absolute Gasteiger partial charge is 0.141 e. The number of hydrogen-bond donors (Lipinski definition) is 1. The van der Waals surface area contributed by atoms with Crippen molar-refractivity contribution in [2.24, 2.45) is 0 Å². The molecule has 1 N–H and O–H groups in total. The molecular formula is C14H16N2O2. The lowest BCUT2D eigenvalue weighted by molar-refractivity contribution is 0.126. The SMILES string of the molecule is CCON1CCc2c(C)nc3c(O)cccc3c21. The third-order valence-electron chi connectivity index (χ3n) is 3.37. The van der Waals surface area contributed by atoms with Gasteiger partial charge in [0.25, 0.3) is 0 Å². The van der Waals surface area contributed by atoms with E-state index < -0.39 is 0 Å². The predicted octanol–water partition coefficient (Wildman–Crippen LogP) is 2.56. The molecule has 1 aliphatic rings. The lowest BCUT2D eigenvalue weighted by Crippen LogP contribution is -2.20. The second kappa shape index (κ2) is 4.14. The number of hydrogen-bond acceptors (Lipinski definition) is 4. The highest BCUT2D eigenvalue weighted by Crippen LogP contribution is 2.39. The Kier molecular flexibility index (Phi) is 2.59. The third kappa shape index (κ3) is 1.53. The van der Waals surface area contributed by atoms with Gasteiger partial charge >= 0.3 is 0 Å². The zero-order chi connectivity index (χ0) is 12.7. The summed E-state index contributed by atoms with van der Waals surface area (Å²) in [5, 5.41) is 12.8. The van der Waals surface area contributed by atoms with Gasteiger partial charge in [0.05, 0.1) is 12.3 Å². The molecule has 1 aromatic heterocycles. The van der Waals surface area contributed by atoms with Gasteiger partial charge in [-0.25, -0.2) is 4.98 Å². The summed E-state index contributed by atoms with van der Waals surface area (Å²) in [4.78, 5) is 10.2. The number of nitrogens with zero attached hydrogens (tertiary/aromatic N) is 2. The Morgan fingerprint density at radius 3 is 3.06 bits per heavy atom. The molecular weight excluding hydrogens is 228 g/mol. The average Bonchev–Trinajstić information content (AvgIpc) is 2.76. The zero-order valence-electron chi connectivity index (χ0n) is 10.6. The Balaban J connectivity index is 2.30. The molecule has 1 aromatic carbocycles. The summed E-state index contributed by atoms with van der Waals surface area (Å²) in [6.07, 6.45) is 0.944. The molecule has 0 amide bonds. The quantitative estimate of drug-likeness (QED) is 0.882. The molecule has 2 heterocycles. The van der Waals surface area contributed by atoms with Gasteiger partial charge in [-0.05, 0) is 26.3 Å². The Labute approximate surface area is 106 Å². The number of hydroxylamine groups is 1. The number of fused-ring (bicyclic) bond motifs is 3. The summed E-state index contributed by atoms with van der Waals surface area (Å²) >= 11 is 0. The molecule has 0 unspecified atom stereocenters. The molecule has 1 aliphatic heterocycles. The minimum Gasteiger partial charge on any atom is -0.506 e. The maximum atomic E-state index is 9.92. The summed E-state index contributed by atoms with van der Waals surface area (Å²) in [6.45, 7) is 5.45. The van der Waals surface area contributed by atoms with Crippen LogP contribution < -0.4 is 5.06 Å². The highest BCUT2D eigenvalue weighted by Gasteiger charge is 2.25. The number of phenolic OH excluding ortho intramolecular Hbond substituents is 1. The van der Waals surface area contributed by atoms with Gasteiger partial charge in [-0.1, -0.05) is 12.1 Å². The Morgan fingerprint density at radius 1 is 1.44 bits per heavy atom. The number of pyridine rings is 1. The molecule has 0 fully saturated rings. The van der Waals surface area contributed by atoms with E-state index in [0.29, 0.717) is 12.1 Å². The molecule has 18 heavy (non-hydrogen) atoms. The van der Waals surface area contributed by atoms with E-state index in [2.05, 4.69) is 4.98 Å². The van der Waals surface area contributed by atoms with Crippen LogP contribution in [0.4, 0.5) is 5.69 Å². The Bertz CT molecular complexity index is 610. The van der Waals surface area contributed by atoms with Crippen LogP contribution in [0.5, 0.6) is 5.75 Å². The van der Waals surface area contributed by atoms with Crippen molar-refractivity contribution in [2.45, 2.75) is 20.3 Å². The number of anilines is 1. The monoisotopic (exact) mass is 244 g/mol. The Hall–Kier alpha value is -1.81. The van der Waals surface area contributed by atoms with E-state index in [9.17, 15) is 5.11 Å². The van der Waals surface area contributed by atoms with E-state index in [1.165, 1.54) is 5.56 Å². The fraction of sp³-hybridized carbons (Fsp3) is 0.357. The van der Waals surface area contributed by atoms with Crippen LogP contribution in [0.3, 0.4) is 0 Å². The van der Waals surface area contributed by atoms with Crippen molar-refractivity contribution < 1.29 is 9.94 Å². The van der Waals surface area contributed by atoms with Crippen molar-refractivity contribution in [1.29, 1.82) is 0 Å². The molecule has 94 valence electrons. The fourth-order valence-corrected chi connectivity index (χ4v) is 2.60. The molecule has 0 atom stereocenters. The van der Waals surface area contributed by atoms with Crippen molar-refractivity contribution in [3.8, 4) is 5.75 Å². The minimum atomic E-state index is 0.224. The van der Waals surface area contributed by atoms with E-state index in [-0.39, 0.29) is 5.75 Å². The maximum Gasteiger partial charge on any atom is 0.141 e. The van der Waals surface area contributed by atoms with Gasteiger partial charge in [0, 0.05) is 23.2 Å². The summed E-state index contributed by atoms with van der Waals surface area (Å²) in [6, 6.07) is 5.50. The van der Waals surface area contributed by atoms with Crippen molar-refractivity contribution in [1.82, 2.24) is 4.98 Å². The molecule has 0 aliphatic carbocycles. The normalized spacial score (nSPS) is 14.2. The van der Waals surface area contributed by atoms with Gasteiger partial charge in [-0.2, -0.15) is 0 Å². The number of para-hydroxylation sites is 1. The number of aromatic nitrogens is 1. The van der Waals surface area contributed by atoms with Crippen LogP contribution in [0, 0.1) is 6.92 Å². The summed E-state index contributed by atoms with van der Waals surface area (Å²) in [5.74, 6) is 0.224. The molecule has 0 saturated heterocycles. The number of aromatic hydroxyl groups is 1. The summed E-state index contributed by atoms with van der Waals surface area (Å²) in [7, 11) is 0. The maximum absolute atomic E-state index is 9.92. The summed E-state index contributed by atoms with van der Waals surface area (Å²) in [5.41, 5.74) is 3.92. The fourth-order valence-electron chi connectivity index (χ4n) is 2.60. The van der Waals surface area contributed by atoms with Gasteiger partial charge in [0.1, 0.15) is 11.3 Å². The first kappa shape index (κ1) is 11.3. The molecule has 4 heteroatoms. The Morgan fingerprint density at radius 2 is 2.28 bits per heavy atom. The van der Waals surface area contributed by atoms with Gasteiger partial charge in [-0.3, -0.25) is 9.90 Å². The van der Waals surface area contributed by atoms with Crippen LogP contribution in [0.2, 0.25) is 0 Å². The first-order valence-electron chi connectivity index (χ1n) is 6.24. The standard InChI is InChI=1S/C14H16N2O2/c1-3-18-16-8-7-10-9(2)15-13-11(14(10)16)5-4-6-12(13)17/h4-6,17H,3,7-8H2,1-2H3. The van der Waals surface area contributed by atoms with Crippen molar-refractivity contribution >= 4 is 16.6 Å². The molecule has 0 saturated carbocycles. The molecule has 2 aromatic rings. The van der Waals surface area contributed by atoms with Crippen LogP contribution in [-0.4, -0.2) is 23.2 Å². The minimum absolute atomic E-state index is 0.224. The van der Waals surface area contributed by atoms with E-state index in [0.717, 1.165) is 29.7 Å². The zero-order valence-corrected chi connectivity index (χ0v) is 10.6. The lowest BCUT2D eigenvalue weighted by Gasteiger charge is -2.19. The largest absolute Gasteiger partial charge is 0.506 e. The number of aryl methyl sites for hydroxylation is 1. The van der Waals surface area contributed by atoms with Crippen LogP contribution in [0.25, 0.3) is 10.9 Å². The molecule has 0 radical (unpaired) electrons. The molecule has 0 bridgehead atoms. The van der Waals surface area contributed by atoms with Crippen molar-refractivity contribution in [2.75, 3.05) is 18.2 Å². The highest BCUT2D eigenvalue weighted by molar-refractivity contribution is 5.97. The molecule has 3 rings (SSSR count). The van der Waals surface area contributed by atoms with Crippen LogP contribution >= 0.6 is 0 Å². The third-order valence-corrected chi connectivity index (χ3v) is 3.37. The average molecular weight is 244 g/mol. The van der Waals surface area contributed by atoms with E-state index in [4.69, 9.17) is 4.84 Å². The molecule has 0 spiro atoms. The second-order valence-electron chi connectivity index (χ2n) is 4.47. The topological polar surface area (TPSA) is 45.6 Å². The lowest BCUT2D eigenvalue weighted by atomic mass is 10.1. The van der Waals surface area contributed by atoms with Crippen LogP contribution in [0.1, 0.15) is 18.2 Å². The first-order chi connectivity index (χ1) is 8.72. The van der Waals surface area contributed by atoms with E-state index in [1.54, 1.807) is 6.07 Å². The summed E-state index contributed by atoms with van der Waals surface area (Å²) < 4.78 is 0. The van der Waals surface area contributed by atoms with Gasteiger partial charge < -0.3 is 5.11 Å². The van der Waals surface area contributed by atoms with Gasteiger partial charge in [0.2, 0.25) is 0 Å². The van der Waals surface area contributed by atoms with E-state index in [1.807, 2.05) is 31.0 Å². The highest BCUT2D eigenvalue weighted by atomic mass is 16.7. The van der Waals surface area contributed by atoms with Crippen molar-refractivity contribution in [3.63, 3.8) is 0 Å². The van der Waals surface area contributed by atoms with Gasteiger partial charge in [0.15, 0.2) is 0 Å². The van der Waals surface area contributed by atoms with Crippen LogP contribution in [0.15, 0.2) is 18.2 Å². The van der Waals surface area contributed by atoms with Crippen molar-refractivity contribution in [3.05, 3.63) is 29.5 Å². The number of benzene rings is 1. The number of rotatable bonds is 2. The first-order valence-corrected chi connectivity index (χ1v) is 6.24. The second-order valence-corrected chi connectivity index (χ2v) is 4.47. The van der Waals surface area contributed by atoms with Crippen LogP contribution in [-0.2, 0) is 11.3 Å². The predicted molar refractivity (Wildman–Crippen MR) is 70.8 cm³/mol.